The minimum absolute atomic E-state index is 0.178. The van der Waals surface area contributed by atoms with Crippen molar-refractivity contribution in [3.05, 3.63) is 71.4 Å². The highest BCUT2D eigenvalue weighted by molar-refractivity contribution is 7.88. The van der Waals surface area contributed by atoms with E-state index in [2.05, 4.69) is 41.0 Å². The number of amides is 1. The molecule has 1 aliphatic rings. The average Bonchev–Trinajstić information content (AvgIpc) is 3.22. The van der Waals surface area contributed by atoms with Crippen LogP contribution >= 0.6 is 0 Å². The zero-order valence-electron chi connectivity index (χ0n) is 21.9. The Morgan fingerprint density at radius 3 is 2.41 bits per heavy atom. The van der Waals surface area contributed by atoms with E-state index in [-0.39, 0.29) is 17.1 Å². The molecule has 0 unspecified atom stereocenters. The molecule has 0 atom stereocenters. The summed E-state index contributed by atoms with van der Waals surface area (Å²) in [5.41, 5.74) is 2.68. The maximum absolute atomic E-state index is 13.1. The van der Waals surface area contributed by atoms with Crippen LogP contribution in [-0.2, 0) is 22.3 Å². The standard InChI is InChI=1S/C27H35N5O4S/c1-20-24(18-37(34,35)32-14-12-31(13-15-32)19-27(2,3)4)30-26(36-20)23-9-7-22(8-10-23)25(33)29-17-21-6-5-11-28-16-21/h5-11,16H,12-15,17-19H2,1-4H3,(H,29,33). The molecule has 0 saturated carbocycles. The van der Waals surface area contributed by atoms with Gasteiger partial charge in [0.1, 0.15) is 11.5 Å². The molecule has 0 aliphatic carbocycles. The molecule has 9 nitrogen and oxygen atoms in total. The van der Waals surface area contributed by atoms with E-state index in [0.717, 1.165) is 25.2 Å². The number of hydrogen-bond acceptors (Lipinski definition) is 7. The number of aryl methyl sites for hydroxylation is 1. The first kappa shape index (κ1) is 27.0. The minimum atomic E-state index is -3.52. The van der Waals surface area contributed by atoms with E-state index < -0.39 is 10.0 Å². The molecule has 3 aromatic rings. The molecule has 2 aromatic heterocycles. The van der Waals surface area contributed by atoms with Gasteiger partial charge in [-0.1, -0.05) is 26.8 Å². The van der Waals surface area contributed by atoms with Crippen LogP contribution in [0, 0.1) is 12.3 Å². The first-order valence-electron chi connectivity index (χ1n) is 12.4. The smallest absolute Gasteiger partial charge is 0.251 e. The highest BCUT2D eigenvalue weighted by Crippen LogP contribution is 2.25. The molecule has 1 aromatic carbocycles. The fourth-order valence-corrected chi connectivity index (χ4v) is 5.85. The predicted octanol–water partition coefficient (Wildman–Crippen LogP) is 3.47. The van der Waals surface area contributed by atoms with Crippen molar-refractivity contribution in [3.8, 4) is 11.5 Å². The summed E-state index contributed by atoms with van der Waals surface area (Å²) in [6.07, 6.45) is 3.39. The van der Waals surface area contributed by atoms with E-state index in [4.69, 9.17) is 4.42 Å². The number of piperazine rings is 1. The third kappa shape index (κ3) is 7.24. The summed E-state index contributed by atoms with van der Waals surface area (Å²) < 4.78 is 33.6. The molecule has 0 spiro atoms. The molecule has 1 saturated heterocycles. The topological polar surface area (TPSA) is 109 Å². The Balaban J connectivity index is 1.36. The van der Waals surface area contributed by atoms with Gasteiger partial charge in [0.15, 0.2) is 0 Å². The summed E-state index contributed by atoms with van der Waals surface area (Å²) in [5, 5.41) is 2.87. The van der Waals surface area contributed by atoms with Gasteiger partial charge in [-0.15, -0.1) is 0 Å². The lowest BCUT2D eigenvalue weighted by Crippen LogP contribution is -2.50. The summed E-state index contributed by atoms with van der Waals surface area (Å²) in [6.45, 7) is 12.0. The summed E-state index contributed by atoms with van der Waals surface area (Å²) in [7, 11) is -3.52. The molecule has 1 amide bonds. The largest absolute Gasteiger partial charge is 0.441 e. The van der Waals surface area contributed by atoms with Gasteiger partial charge in [-0.05, 0) is 48.2 Å². The second kappa shape index (κ2) is 11.1. The molecule has 1 fully saturated rings. The molecule has 1 N–H and O–H groups in total. The lowest BCUT2D eigenvalue weighted by atomic mass is 9.96. The lowest BCUT2D eigenvalue weighted by Gasteiger charge is -2.37. The van der Waals surface area contributed by atoms with E-state index in [1.807, 2.05) is 12.1 Å². The van der Waals surface area contributed by atoms with Gasteiger partial charge >= 0.3 is 0 Å². The first-order valence-corrected chi connectivity index (χ1v) is 14.1. The number of nitrogens with one attached hydrogen (secondary N) is 1. The third-order valence-corrected chi connectivity index (χ3v) is 7.99. The van der Waals surface area contributed by atoms with Crippen molar-refractivity contribution in [1.82, 2.24) is 24.5 Å². The van der Waals surface area contributed by atoms with Gasteiger partial charge in [0.25, 0.3) is 5.91 Å². The maximum atomic E-state index is 13.1. The molecule has 10 heteroatoms. The van der Waals surface area contributed by atoms with E-state index in [1.54, 1.807) is 47.9 Å². The number of oxazole rings is 1. The van der Waals surface area contributed by atoms with Crippen LogP contribution in [0.2, 0.25) is 0 Å². The normalized spacial score (nSPS) is 15.6. The highest BCUT2D eigenvalue weighted by Gasteiger charge is 2.30. The summed E-state index contributed by atoms with van der Waals surface area (Å²) in [6, 6.07) is 10.6. The maximum Gasteiger partial charge on any atom is 0.251 e. The highest BCUT2D eigenvalue weighted by atomic mass is 32.2. The van der Waals surface area contributed by atoms with Gasteiger partial charge in [0.2, 0.25) is 15.9 Å². The van der Waals surface area contributed by atoms with Crippen LogP contribution in [0.25, 0.3) is 11.5 Å². The Morgan fingerprint density at radius 2 is 1.78 bits per heavy atom. The molecule has 1 aliphatic heterocycles. The van der Waals surface area contributed by atoms with Crippen molar-refractivity contribution in [2.45, 2.75) is 40.0 Å². The van der Waals surface area contributed by atoms with Gasteiger partial charge in [-0.3, -0.25) is 9.78 Å². The number of benzene rings is 1. The van der Waals surface area contributed by atoms with Crippen molar-refractivity contribution in [2.24, 2.45) is 5.41 Å². The molecule has 37 heavy (non-hydrogen) atoms. The van der Waals surface area contributed by atoms with Crippen molar-refractivity contribution >= 4 is 15.9 Å². The fourth-order valence-electron chi connectivity index (χ4n) is 4.34. The number of carbonyl (C=O) groups excluding carboxylic acids is 1. The summed E-state index contributed by atoms with van der Waals surface area (Å²) in [4.78, 5) is 23.3. The van der Waals surface area contributed by atoms with Crippen molar-refractivity contribution < 1.29 is 17.6 Å². The van der Waals surface area contributed by atoms with Crippen LogP contribution in [-0.4, -0.2) is 66.2 Å². The molecule has 198 valence electrons. The lowest BCUT2D eigenvalue weighted by molar-refractivity contribution is 0.0951. The van der Waals surface area contributed by atoms with Crippen LogP contribution in [0.3, 0.4) is 0 Å². The Kier molecular flexibility index (Phi) is 8.11. The zero-order chi connectivity index (χ0) is 26.6. The molecule has 4 rings (SSSR count). The SMILES string of the molecule is Cc1oc(-c2ccc(C(=O)NCc3cccnc3)cc2)nc1CS(=O)(=O)N1CCN(CC(C)(C)C)CC1. The van der Waals surface area contributed by atoms with Crippen molar-refractivity contribution in [1.29, 1.82) is 0 Å². The first-order chi connectivity index (χ1) is 17.5. The van der Waals surface area contributed by atoms with E-state index in [0.29, 0.717) is 48.1 Å². The quantitative estimate of drug-likeness (QED) is 0.480. The Labute approximate surface area is 219 Å². The summed E-state index contributed by atoms with van der Waals surface area (Å²) >= 11 is 0. The van der Waals surface area contributed by atoms with Gasteiger partial charge < -0.3 is 14.6 Å². The van der Waals surface area contributed by atoms with Crippen LogP contribution in [0.4, 0.5) is 0 Å². The minimum Gasteiger partial charge on any atom is -0.441 e. The van der Waals surface area contributed by atoms with E-state index in [9.17, 15) is 13.2 Å². The summed E-state index contributed by atoms with van der Waals surface area (Å²) in [5.74, 6) is 0.410. The molecular weight excluding hydrogens is 490 g/mol. The predicted molar refractivity (Wildman–Crippen MR) is 142 cm³/mol. The number of carbonyl (C=O) groups is 1. The second-order valence-corrected chi connectivity index (χ2v) is 12.6. The number of hydrogen-bond donors (Lipinski definition) is 1. The Bertz CT molecular complexity index is 1310. The fraction of sp³-hybridized carbons (Fsp3) is 0.444. The van der Waals surface area contributed by atoms with Crippen LogP contribution in [0.15, 0.2) is 53.2 Å². The molecule has 0 bridgehead atoms. The van der Waals surface area contributed by atoms with Gasteiger partial charge in [-0.2, -0.15) is 4.31 Å². The molecule has 3 heterocycles. The Morgan fingerprint density at radius 1 is 1.08 bits per heavy atom. The van der Waals surface area contributed by atoms with E-state index >= 15 is 0 Å². The number of rotatable bonds is 8. The Hall–Kier alpha value is -3.08. The average molecular weight is 526 g/mol. The van der Waals surface area contributed by atoms with Gasteiger partial charge in [0.05, 0.1) is 5.69 Å². The van der Waals surface area contributed by atoms with Crippen molar-refractivity contribution in [3.63, 3.8) is 0 Å². The zero-order valence-corrected chi connectivity index (χ0v) is 22.7. The van der Waals surface area contributed by atoms with E-state index in [1.165, 1.54) is 0 Å². The van der Waals surface area contributed by atoms with Crippen molar-refractivity contribution in [2.75, 3.05) is 32.7 Å². The van der Waals surface area contributed by atoms with Gasteiger partial charge in [-0.25, -0.2) is 13.4 Å². The van der Waals surface area contributed by atoms with Crippen LogP contribution in [0.1, 0.15) is 48.1 Å². The number of sulfonamides is 1. The van der Waals surface area contributed by atoms with Gasteiger partial charge in [0, 0.05) is 62.8 Å². The van der Waals surface area contributed by atoms with Crippen LogP contribution < -0.4 is 5.32 Å². The number of pyridine rings is 1. The second-order valence-electron chi connectivity index (χ2n) is 10.6. The molecular formula is C27H35N5O4S. The van der Waals surface area contributed by atoms with Crippen LogP contribution in [0.5, 0.6) is 0 Å². The number of nitrogens with zero attached hydrogens (tertiary/aromatic N) is 4. The monoisotopic (exact) mass is 525 g/mol. The molecule has 0 radical (unpaired) electrons. The third-order valence-electron chi connectivity index (χ3n) is 6.20. The number of aromatic nitrogens is 2.